The van der Waals surface area contributed by atoms with Crippen molar-refractivity contribution in [2.45, 2.75) is 58.9 Å². The summed E-state index contributed by atoms with van der Waals surface area (Å²) in [6.07, 6.45) is 6.43. The van der Waals surface area contributed by atoms with Crippen LogP contribution in [0.5, 0.6) is 0 Å². The Balaban J connectivity index is 2.43. The summed E-state index contributed by atoms with van der Waals surface area (Å²) in [6, 6.07) is 0.639. The Kier molecular flexibility index (Phi) is 8.63. The van der Waals surface area contributed by atoms with Crippen LogP contribution in [0.3, 0.4) is 0 Å². The van der Waals surface area contributed by atoms with Gasteiger partial charge in [0.2, 0.25) is 0 Å². The van der Waals surface area contributed by atoms with Gasteiger partial charge >= 0.3 is 0 Å². The fraction of sp³-hybridized carbons (Fsp3) is 0.933. The van der Waals surface area contributed by atoms with Gasteiger partial charge in [0.15, 0.2) is 5.96 Å². The quantitative estimate of drug-likeness (QED) is 0.422. The smallest absolute Gasteiger partial charge is 0.191 e. The van der Waals surface area contributed by atoms with E-state index in [9.17, 15) is 0 Å². The van der Waals surface area contributed by atoms with E-state index in [1.807, 2.05) is 0 Å². The van der Waals surface area contributed by atoms with Gasteiger partial charge in [0.05, 0.1) is 6.54 Å². The first kappa shape index (κ1) is 16.3. The first-order valence-electron chi connectivity index (χ1n) is 8.08. The molecule has 1 rings (SSSR count). The minimum Gasteiger partial charge on any atom is -0.357 e. The van der Waals surface area contributed by atoms with Crippen LogP contribution in [-0.4, -0.2) is 49.6 Å². The van der Waals surface area contributed by atoms with E-state index < -0.39 is 0 Å². The molecule has 0 aromatic carbocycles. The molecule has 1 saturated heterocycles. The van der Waals surface area contributed by atoms with Gasteiger partial charge < -0.3 is 10.6 Å². The first-order chi connectivity index (χ1) is 9.31. The topological polar surface area (TPSA) is 39.7 Å². The molecule has 4 nitrogen and oxygen atoms in total. The molecule has 0 saturated carbocycles. The van der Waals surface area contributed by atoms with Gasteiger partial charge in [-0.15, -0.1) is 0 Å². The van der Waals surface area contributed by atoms with Gasteiger partial charge in [-0.1, -0.05) is 26.7 Å². The van der Waals surface area contributed by atoms with Crippen molar-refractivity contribution in [1.82, 2.24) is 15.5 Å². The van der Waals surface area contributed by atoms with Crippen LogP contribution in [0.2, 0.25) is 0 Å². The minimum atomic E-state index is 0.639. The second kappa shape index (κ2) is 10.1. The fourth-order valence-electron chi connectivity index (χ4n) is 2.61. The Labute approximate surface area is 119 Å². The van der Waals surface area contributed by atoms with Gasteiger partial charge in [-0.25, -0.2) is 0 Å². The maximum atomic E-state index is 4.76. The van der Waals surface area contributed by atoms with E-state index in [1.54, 1.807) is 0 Å². The maximum absolute atomic E-state index is 4.76. The van der Waals surface area contributed by atoms with Crippen molar-refractivity contribution in [3.8, 4) is 0 Å². The molecule has 0 amide bonds. The number of hydrogen-bond donors (Lipinski definition) is 2. The second-order valence-electron chi connectivity index (χ2n) is 5.28. The van der Waals surface area contributed by atoms with E-state index in [0.29, 0.717) is 6.04 Å². The summed E-state index contributed by atoms with van der Waals surface area (Å²) in [5, 5.41) is 6.75. The lowest BCUT2D eigenvalue weighted by molar-refractivity contribution is 0.161. The molecule has 0 aromatic rings. The molecule has 1 atom stereocenters. The highest BCUT2D eigenvalue weighted by molar-refractivity contribution is 5.79. The molecule has 0 bridgehead atoms. The van der Waals surface area contributed by atoms with Crippen molar-refractivity contribution >= 4 is 5.96 Å². The zero-order valence-corrected chi connectivity index (χ0v) is 13.0. The summed E-state index contributed by atoms with van der Waals surface area (Å²) in [5.41, 5.74) is 0. The SMILES string of the molecule is CCCCNC(=NCC1CCCCN1CC)NCC. The van der Waals surface area contributed by atoms with Crippen LogP contribution in [0.15, 0.2) is 4.99 Å². The molecule has 0 aliphatic carbocycles. The third-order valence-corrected chi connectivity index (χ3v) is 3.78. The lowest BCUT2D eigenvalue weighted by atomic mass is 10.0. The third-order valence-electron chi connectivity index (χ3n) is 3.78. The number of unbranched alkanes of at least 4 members (excludes halogenated alkanes) is 1. The van der Waals surface area contributed by atoms with Crippen LogP contribution in [0.1, 0.15) is 52.9 Å². The van der Waals surface area contributed by atoms with Gasteiger partial charge in [-0.3, -0.25) is 9.89 Å². The molecule has 1 aliphatic heterocycles. The van der Waals surface area contributed by atoms with Crippen LogP contribution >= 0.6 is 0 Å². The fourth-order valence-corrected chi connectivity index (χ4v) is 2.61. The zero-order valence-electron chi connectivity index (χ0n) is 13.0. The standard InChI is InChI=1S/C15H32N4/c1-4-7-11-17-15(16-5-2)18-13-14-10-8-9-12-19(14)6-3/h14H,4-13H2,1-3H3,(H2,16,17,18). The second-order valence-corrected chi connectivity index (χ2v) is 5.28. The molecule has 1 unspecified atom stereocenters. The van der Waals surface area contributed by atoms with Crippen LogP contribution in [0, 0.1) is 0 Å². The number of nitrogens with zero attached hydrogens (tertiary/aromatic N) is 2. The number of hydrogen-bond acceptors (Lipinski definition) is 2. The monoisotopic (exact) mass is 268 g/mol. The average molecular weight is 268 g/mol. The average Bonchev–Trinajstić information content (AvgIpc) is 2.45. The number of nitrogens with one attached hydrogen (secondary N) is 2. The van der Waals surface area contributed by atoms with Gasteiger partial charge in [0, 0.05) is 19.1 Å². The predicted molar refractivity (Wildman–Crippen MR) is 83.8 cm³/mol. The summed E-state index contributed by atoms with van der Waals surface area (Å²) >= 11 is 0. The van der Waals surface area contributed by atoms with Crippen LogP contribution < -0.4 is 10.6 Å². The Morgan fingerprint density at radius 2 is 2.05 bits per heavy atom. The Morgan fingerprint density at radius 1 is 1.21 bits per heavy atom. The van der Waals surface area contributed by atoms with Gasteiger partial charge in [0.1, 0.15) is 0 Å². The number of likely N-dealkylation sites (N-methyl/N-ethyl adjacent to an activating group) is 1. The van der Waals surface area contributed by atoms with Crippen LogP contribution in [-0.2, 0) is 0 Å². The Hall–Kier alpha value is -0.770. The van der Waals surface area contributed by atoms with Crippen LogP contribution in [0.25, 0.3) is 0 Å². The molecule has 19 heavy (non-hydrogen) atoms. The molecule has 0 spiro atoms. The summed E-state index contributed by atoms with van der Waals surface area (Å²) in [4.78, 5) is 7.33. The third kappa shape index (κ3) is 6.28. The van der Waals surface area contributed by atoms with Crippen molar-refractivity contribution in [2.24, 2.45) is 4.99 Å². The van der Waals surface area contributed by atoms with Gasteiger partial charge in [-0.05, 0) is 39.3 Å². The molecular formula is C15H32N4. The van der Waals surface area contributed by atoms with Gasteiger partial charge in [0.25, 0.3) is 0 Å². The summed E-state index contributed by atoms with van der Waals surface area (Å²) in [6.45, 7) is 11.9. The molecule has 0 aromatic heterocycles. The number of rotatable bonds is 7. The molecule has 1 aliphatic rings. The molecular weight excluding hydrogens is 236 g/mol. The molecule has 112 valence electrons. The normalized spacial score (nSPS) is 21.4. The van der Waals surface area contributed by atoms with Crippen LogP contribution in [0.4, 0.5) is 0 Å². The lowest BCUT2D eigenvalue weighted by Gasteiger charge is -2.33. The van der Waals surface area contributed by atoms with E-state index in [1.165, 1.54) is 38.6 Å². The van der Waals surface area contributed by atoms with Crippen molar-refractivity contribution in [2.75, 3.05) is 32.7 Å². The molecule has 4 heteroatoms. The van der Waals surface area contributed by atoms with E-state index in [-0.39, 0.29) is 0 Å². The molecule has 0 radical (unpaired) electrons. The molecule has 1 fully saturated rings. The first-order valence-corrected chi connectivity index (χ1v) is 8.08. The van der Waals surface area contributed by atoms with Crippen molar-refractivity contribution in [1.29, 1.82) is 0 Å². The summed E-state index contributed by atoms with van der Waals surface area (Å²) in [5.74, 6) is 0.984. The Bertz CT molecular complexity index is 253. The van der Waals surface area contributed by atoms with Gasteiger partial charge in [-0.2, -0.15) is 0 Å². The highest BCUT2D eigenvalue weighted by Gasteiger charge is 2.20. The van der Waals surface area contributed by atoms with Crippen molar-refractivity contribution in [3.63, 3.8) is 0 Å². The van der Waals surface area contributed by atoms with Crippen molar-refractivity contribution in [3.05, 3.63) is 0 Å². The van der Waals surface area contributed by atoms with E-state index >= 15 is 0 Å². The van der Waals surface area contributed by atoms with Crippen molar-refractivity contribution < 1.29 is 0 Å². The number of guanidine groups is 1. The molecule has 1 heterocycles. The zero-order chi connectivity index (χ0) is 13.9. The number of piperidine rings is 1. The van der Waals surface area contributed by atoms with E-state index in [2.05, 4.69) is 36.3 Å². The minimum absolute atomic E-state index is 0.639. The Morgan fingerprint density at radius 3 is 2.74 bits per heavy atom. The summed E-state index contributed by atoms with van der Waals surface area (Å²) in [7, 11) is 0. The predicted octanol–water partition coefficient (Wildman–Crippen LogP) is 2.22. The lowest BCUT2D eigenvalue weighted by Crippen LogP contribution is -2.43. The van der Waals surface area contributed by atoms with E-state index in [0.717, 1.165) is 32.1 Å². The maximum Gasteiger partial charge on any atom is 0.191 e. The van der Waals surface area contributed by atoms with E-state index in [4.69, 9.17) is 4.99 Å². The largest absolute Gasteiger partial charge is 0.357 e. The number of likely N-dealkylation sites (tertiary alicyclic amines) is 1. The highest BCUT2D eigenvalue weighted by Crippen LogP contribution is 2.16. The molecule has 2 N–H and O–H groups in total. The summed E-state index contributed by atoms with van der Waals surface area (Å²) < 4.78 is 0. The number of aliphatic imine (C=N–C) groups is 1. The highest BCUT2D eigenvalue weighted by atomic mass is 15.2.